The minimum absolute atomic E-state index is 0.0468. The van der Waals surface area contributed by atoms with Crippen LogP contribution in [0, 0.1) is 17.3 Å². The number of hydrogen-bond acceptors (Lipinski definition) is 5. The molecule has 1 aromatic rings. The average molecular weight is 485 g/mol. The van der Waals surface area contributed by atoms with Crippen molar-refractivity contribution in [2.75, 3.05) is 27.6 Å². The predicted molar refractivity (Wildman–Crippen MR) is 141 cm³/mol. The molecular formula is C30H44O5. The molecular weight excluding hydrogens is 440 g/mol. The molecule has 1 saturated carbocycles. The number of hydrogen-bond donors (Lipinski definition) is 0. The Hall–Kier alpha value is -2.21. The van der Waals surface area contributed by atoms with Gasteiger partial charge in [0.15, 0.2) is 5.78 Å². The summed E-state index contributed by atoms with van der Waals surface area (Å²) < 4.78 is 22.5. The normalized spacial score (nSPS) is 24.5. The maximum atomic E-state index is 13.7. The van der Waals surface area contributed by atoms with Crippen molar-refractivity contribution >= 4 is 5.78 Å². The molecule has 4 atom stereocenters. The first-order valence-corrected chi connectivity index (χ1v) is 12.4. The van der Waals surface area contributed by atoms with Gasteiger partial charge in [-0.3, -0.25) is 4.79 Å². The highest BCUT2D eigenvalue weighted by Gasteiger charge is 2.57. The van der Waals surface area contributed by atoms with E-state index in [4.69, 9.17) is 18.9 Å². The van der Waals surface area contributed by atoms with Crippen LogP contribution in [0.15, 0.2) is 59.7 Å². The first kappa shape index (κ1) is 29.0. The van der Waals surface area contributed by atoms with Crippen molar-refractivity contribution in [3.8, 4) is 5.75 Å². The third-order valence-corrected chi connectivity index (χ3v) is 7.02. The fraction of sp³-hybridized carbons (Fsp3) is 0.567. The Labute approximate surface area is 212 Å². The van der Waals surface area contributed by atoms with Gasteiger partial charge in [-0.2, -0.15) is 0 Å². The van der Waals surface area contributed by atoms with Crippen molar-refractivity contribution in [3.63, 3.8) is 0 Å². The Kier molecular flexibility index (Phi) is 11.4. The molecule has 0 amide bonds. The predicted octanol–water partition coefficient (Wildman–Crippen LogP) is 6.68. The molecule has 0 aromatic heterocycles. The molecule has 0 aliphatic heterocycles. The molecule has 0 unspecified atom stereocenters. The van der Waals surface area contributed by atoms with Crippen LogP contribution in [0.25, 0.3) is 0 Å². The lowest BCUT2D eigenvalue weighted by Gasteiger charge is -2.32. The molecule has 35 heavy (non-hydrogen) atoms. The number of allylic oxidation sites excluding steroid dienone is 4. The highest BCUT2D eigenvalue weighted by atomic mass is 16.7. The Morgan fingerprint density at radius 1 is 1.09 bits per heavy atom. The maximum Gasteiger partial charge on any atom is 0.168 e. The molecule has 5 nitrogen and oxygen atoms in total. The first-order valence-electron chi connectivity index (χ1n) is 12.4. The zero-order valence-electron chi connectivity index (χ0n) is 22.7. The van der Waals surface area contributed by atoms with E-state index in [9.17, 15) is 4.79 Å². The number of methoxy groups -OCH3 is 2. The summed E-state index contributed by atoms with van der Waals surface area (Å²) in [7, 11) is 3.23. The lowest BCUT2D eigenvalue weighted by atomic mass is 9.73. The topological polar surface area (TPSA) is 54.0 Å². The van der Waals surface area contributed by atoms with E-state index in [0.29, 0.717) is 19.6 Å². The Morgan fingerprint density at radius 3 is 2.34 bits per heavy atom. The van der Waals surface area contributed by atoms with E-state index in [1.165, 1.54) is 11.1 Å². The molecule has 1 aliphatic rings. The summed E-state index contributed by atoms with van der Waals surface area (Å²) in [6.07, 6.45) is 6.55. The summed E-state index contributed by atoms with van der Waals surface area (Å²) >= 11 is 0. The molecule has 0 heterocycles. The van der Waals surface area contributed by atoms with Crippen LogP contribution < -0.4 is 4.74 Å². The van der Waals surface area contributed by atoms with Crippen molar-refractivity contribution in [1.82, 2.24) is 0 Å². The molecule has 1 aromatic carbocycles. The van der Waals surface area contributed by atoms with Crippen LogP contribution in [0.2, 0.25) is 0 Å². The number of benzene rings is 1. The van der Waals surface area contributed by atoms with Gasteiger partial charge in [0.1, 0.15) is 18.6 Å². The maximum absolute atomic E-state index is 13.7. The lowest BCUT2D eigenvalue weighted by molar-refractivity contribution is -0.143. The molecule has 0 bridgehead atoms. The van der Waals surface area contributed by atoms with Crippen LogP contribution in [0.4, 0.5) is 0 Å². The van der Waals surface area contributed by atoms with Crippen molar-refractivity contribution in [3.05, 3.63) is 65.3 Å². The summed E-state index contributed by atoms with van der Waals surface area (Å²) in [4.78, 5) is 13.7. The third kappa shape index (κ3) is 7.89. The van der Waals surface area contributed by atoms with Gasteiger partial charge >= 0.3 is 0 Å². The minimum Gasteiger partial charge on any atom is -0.497 e. The average Bonchev–Trinajstić information content (AvgIpc) is 3.03. The van der Waals surface area contributed by atoms with Gasteiger partial charge in [0.05, 0.1) is 20.3 Å². The summed E-state index contributed by atoms with van der Waals surface area (Å²) in [5.74, 6) is 0.746. The quantitative estimate of drug-likeness (QED) is 0.218. The molecule has 5 heteroatoms. The van der Waals surface area contributed by atoms with Gasteiger partial charge in [0.2, 0.25) is 0 Å². The largest absolute Gasteiger partial charge is 0.497 e. The van der Waals surface area contributed by atoms with Gasteiger partial charge < -0.3 is 18.9 Å². The van der Waals surface area contributed by atoms with Crippen LogP contribution in [0.5, 0.6) is 5.75 Å². The van der Waals surface area contributed by atoms with E-state index in [0.717, 1.165) is 29.7 Å². The molecule has 2 rings (SSSR count). The molecule has 1 aliphatic carbocycles. The standard InChI is InChI=1S/C30H44O5/c1-21(2)10-9-11-23(5)16-17-30(6)26(19-34-18-24-12-14-25(33-8)15-13-24)27(22(3)4)28(29(30)31)35-20-32-7/h10,12-16,26-28H,3,9,11,17-20H2,1-2,4-8H3/b23-16+/t26-,27+,28-,30+/m0/s1. The van der Waals surface area contributed by atoms with Crippen molar-refractivity contribution in [1.29, 1.82) is 0 Å². The van der Waals surface area contributed by atoms with Crippen molar-refractivity contribution in [2.24, 2.45) is 17.3 Å². The van der Waals surface area contributed by atoms with Crippen LogP contribution in [-0.4, -0.2) is 39.5 Å². The smallest absolute Gasteiger partial charge is 0.168 e. The lowest BCUT2D eigenvalue weighted by Crippen LogP contribution is -2.34. The van der Waals surface area contributed by atoms with Crippen LogP contribution >= 0.6 is 0 Å². The third-order valence-electron chi connectivity index (χ3n) is 7.02. The summed E-state index contributed by atoms with van der Waals surface area (Å²) in [6.45, 7) is 15.6. The molecule has 194 valence electrons. The monoisotopic (exact) mass is 484 g/mol. The molecule has 1 fully saturated rings. The van der Waals surface area contributed by atoms with Gasteiger partial charge in [0.25, 0.3) is 0 Å². The van der Waals surface area contributed by atoms with Gasteiger partial charge in [0, 0.05) is 24.4 Å². The molecule has 0 N–H and O–H groups in total. The van der Waals surface area contributed by atoms with Crippen LogP contribution in [-0.2, 0) is 25.6 Å². The first-order chi connectivity index (χ1) is 16.6. The fourth-order valence-corrected chi connectivity index (χ4v) is 4.84. The minimum atomic E-state index is -0.611. The summed E-state index contributed by atoms with van der Waals surface area (Å²) in [5.41, 5.74) is 4.01. The number of ketones is 1. The van der Waals surface area contributed by atoms with E-state index >= 15 is 0 Å². The molecule has 0 spiro atoms. The molecule has 0 radical (unpaired) electrons. The van der Waals surface area contributed by atoms with Gasteiger partial charge in [-0.05, 0) is 64.7 Å². The summed E-state index contributed by atoms with van der Waals surface area (Å²) in [5, 5.41) is 0. The van der Waals surface area contributed by atoms with E-state index < -0.39 is 11.5 Å². The highest BCUT2D eigenvalue weighted by Crippen LogP contribution is 2.50. The number of rotatable bonds is 14. The zero-order valence-corrected chi connectivity index (χ0v) is 22.7. The van der Waals surface area contributed by atoms with E-state index in [1.807, 2.05) is 31.2 Å². The van der Waals surface area contributed by atoms with E-state index in [1.54, 1.807) is 14.2 Å². The van der Waals surface area contributed by atoms with Crippen molar-refractivity contribution in [2.45, 2.75) is 66.6 Å². The van der Waals surface area contributed by atoms with Gasteiger partial charge in [-0.1, -0.05) is 54.5 Å². The zero-order chi connectivity index (χ0) is 26.0. The van der Waals surface area contributed by atoms with Gasteiger partial charge in [-0.25, -0.2) is 0 Å². The van der Waals surface area contributed by atoms with Crippen LogP contribution in [0.1, 0.15) is 59.4 Å². The SMILES string of the molecule is C=C(C)[C@H]1[C@H](OCOC)C(=O)[C@](C)(C/C=C(\C)CCC=C(C)C)[C@H]1COCc1ccc(OC)cc1. The highest BCUT2D eigenvalue weighted by molar-refractivity contribution is 5.92. The van der Waals surface area contributed by atoms with E-state index in [-0.39, 0.29) is 24.4 Å². The number of carbonyl (C=O) groups excluding carboxylic acids is 1. The Morgan fingerprint density at radius 2 is 1.77 bits per heavy atom. The summed E-state index contributed by atoms with van der Waals surface area (Å²) in [6, 6.07) is 7.85. The van der Waals surface area contributed by atoms with Crippen molar-refractivity contribution < 1.29 is 23.7 Å². The number of ether oxygens (including phenoxy) is 4. The van der Waals surface area contributed by atoms with E-state index in [2.05, 4.69) is 46.4 Å². The second-order valence-electron chi connectivity index (χ2n) is 10.2. The number of Topliss-reactive ketones (excluding diaryl/α,β-unsaturated/α-hetero) is 1. The second kappa shape index (κ2) is 13.8. The van der Waals surface area contributed by atoms with Gasteiger partial charge in [-0.15, -0.1) is 0 Å². The van der Waals surface area contributed by atoms with Crippen LogP contribution in [0.3, 0.4) is 0 Å². The Bertz CT molecular complexity index is 894. The number of carbonyl (C=O) groups is 1. The Balaban J connectivity index is 2.23. The molecule has 0 saturated heterocycles. The second-order valence-corrected chi connectivity index (χ2v) is 10.2. The fourth-order valence-electron chi connectivity index (χ4n) is 4.84.